The van der Waals surface area contributed by atoms with Gasteiger partial charge in [-0.3, -0.25) is 9.59 Å². The van der Waals surface area contributed by atoms with Crippen LogP contribution in [0.2, 0.25) is 0 Å². The highest BCUT2D eigenvalue weighted by atomic mass is 32.1. The fourth-order valence-electron chi connectivity index (χ4n) is 2.63. The van der Waals surface area contributed by atoms with Gasteiger partial charge in [0.05, 0.1) is 12.2 Å². The first-order chi connectivity index (χ1) is 12.4. The van der Waals surface area contributed by atoms with E-state index >= 15 is 0 Å². The van der Waals surface area contributed by atoms with Gasteiger partial charge in [0.25, 0.3) is 5.91 Å². The Hall–Kier alpha value is -2.42. The molecule has 0 saturated carbocycles. The molecule has 1 aliphatic heterocycles. The van der Waals surface area contributed by atoms with Crippen LogP contribution in [0.4, 0.5) is 5.00 Å². The van der Waals surface area contributed by atoms with Crippen LogP contribution >= 0.6 is 11.3 Å². The normalized spacial score (nSPS) is 16.1. The van der Waals surface area contributed by atoms with Crippen LogP contribution in [0.1, 0.15) is 47.5 Å². The van der Waals surface area contributed by atoms with Gasteiger partial charge in [0, 0.05) is 11.3 Å². The number of thiophene rings is 1. The summed E-state index contributed by atoms with van der Waals surface area (Å²) in [5.74, 6) is -1.91. The second-order valence-electron chi connectivity index (χ2n) is 5.74. The van der Waals surface area contributed by atoms with E-state index in [4.69, 9.17) is 9.47 Å². The molecule has 2 heterocycles. The summed E-state index contributed by atoms with van der Waals surface area (Å²) >= 11 is 1.30. The summed E-state index contributed by atoms with van der Waals surface area (Å²) < 4.78 is 10.00. The summed E-state index contributed by atoms with van der Waals surface area (Å²) in [5, 5.41) is 5.48. The lowest BCUT2D eigenvalue weighted by atomic mass is 10.1. The van der Waals surface area contributed by atoms with Crippen LogP contribution in [-0.2, 0) is 30.3 Å². The number of esters is 2. The van der Waals surface area contributed by atoms with E-state index in [9.17, 15) is 19.2 Å². The molecule has 0 aliphatic carbocycles. The molecule has 1 aromatic rings. The van der Waals surface area contributed by atoms with E-state index in [1.807, 2.05) is 6.92 Å². The maximum absolute atomic E-state index is 12.2. The second kappa shape index (κ2) is 8.79. The zero-order chi connectivity index (χ0) is 19.3. The number of rotatable bonds is 7. The minimum atomic E-state index is -0.707. The van der Waals surface area contributed by atoms with Gasteiger partial charge in [-0.05, 0) is 32.3 Å². The molecule has 0 bridgehead atoms. The summed E-state index contributed by atoms with van der Waals surface area (Å²) in [6.45, 7) is 5.20. The van der Waals surface area contributed by atoms with Gasteiger partial charge in [-0.1, -0.05) is 6.92 Å². The van der Waals surface area contributed by atoms with Crippen molar-refractivity contribution in [1.82, 2.24) is 5.32 Å². The molecule has 0 radical (unpaired) electrons. The van der Waals surface area contributed by atoms with Crippen LogP contribution in [0.15, 0.2) is 0 Å². The van der Waals surface area contributed by atoms with Gasteiger partial charge in [0.2, 0.25) is 5.91 Å². The van der Waals surface area contributed by atoms with Crippen molar-refractivity contribution in [3.05, 3.63) is 16.0 Å². The number of carbonyl (C=O) groups is 4. The Morgan fingerprint density at radius 2 is 2.00 bits per heavy atom. The van der Waals surface area contributed by atoms with Gasteiger partial charge in [0.15, 0.2) is 6.61 Å². The van der Waals surface area contributed by atoms with Gasteiger partial charge in [-0.15, -0.1) is 11.3 Å². The quantitative estimate of drug-likeness (QED) is 0.693. The summed E-state index contributed by atoms with van der Waals surface area (Å²) in [7, 11) is 0. The molecule has 1 saturated heterocycles. The van der Waals surface area contributed by atoms with Gasteiger partial charge in [-0.2, -0.15) is 0 Å². The van der Waals surface area contributed by atoms with Gasteiger partial charge < -0.3 is 20.1 Å². The predicted molar refractivity (Wildman–Crippen MR) is 95.1 cm³/mol. The molecule has 1 aliphatic rings. The molecule has 2 N–H and O–H groups in total. The van der Waals surface area contributed by atoms with Gasteiger partial charge in [-0.25, -0.2) is 9.59 Å². The molecule has 9 heteroatoms. The zero-order valence-corrected chi connectivity index (χ0v) is 15.8. The molecule has 2 rings (SSSR count). The van der Waals surface area contributed by atoms with Crippen LogP contribution in [0, 0.1) is 6.92 Å². The van der Waals surface area contributed by atoms with E-state index in [1.165, 1.54) is 11.3 Å². The topological polar surface area (TPSA) is 111 Å². The Morgan fingerprint density at radius 3 is 2.58 bits per heavy atom. The van der Waals surface area contributed by atoms with Crippen molar-refractivity contribution in [3.63, 3.8) is 0 Å². The highest BCUT2D eigenvalue weighted by molar-refractivity contribution is 7.17. The number of hydrogen-bond donors (Lipinski definition) is 2. The van der Waals surface area contributed by atoms with Crippen molar-refractivity contribution >= 4 is 40.1 Å². The Kier molecular flexibility index (Phi) is 6.73. The third-order valence-electron chi connectivity index (χ3n) is 3.92. The minimum Gasteiger partial charge on any atom is -0.462 e. The summed E-state index contributed by atoms with van der Waals surface area (Å²) in [6.07, 6.45) is 1.34. The Bertz CT molecular complexity index is 727. The number of anilines is 1. The standard InChI is InChI=1S/C17H22N2O6S/c1-4-11-9(3)14(17(23)24-5-2)15(26-11)19-13(21)8-25-16(22)10-6-7-12(20)18-10/h10H,4-8H2,1-3H3,(H,18,20)(H,19,21)/t10-/m0/s1. The number of hydrogen-bond acceptors (Lipinski definition) is 7. The summed E-state index contributed by atoms with van der Waals surface area (Å²) in [6, 6.07) is -0.707. The molecule has 1 aromatic heterocycles. The van der Waals surface area contributed by atoms with Crippen LogP contribution in [0.25, 0.3) is 0 Å². The average Bonchev–Trinajstić information content (AvgIpc) is 3.16. The molecule has 0 unspecified atom stereocenters. The molecule has 0 spiro atoms. The SMILES string of the molecule is CCOC(=O)c1c(NC(=O)COC(=O)[C@@H]2CCC(=O)N2)sc(CC)c1C. The highest BCUT2D eigenvalue weighted by Crippen LogP contribution is 2.34. The van der Waals surface area contributed by atoms with Gasteiger partial charge in [0.1, 0.15) is 11.0 Å². The largest absolute Gasteiger partial charge is 0.462 e. The Morgan fingerprint density at radius 1 is 1.27 bits per heavy atom. The van der Waals surface area contributed by atoms with Crippen molar-refractivity contribution in [2.75, 3.05) is 18.5 Å². The average molecular weight is 382 g/mol. The first-order valence-electron chi connectivity index (χ1n) is 8.42. The molecule has 142 valence electrons. The molecule has 1 fully saturated rings. The van der Waals surface area contributed by atoms with E-state index < -0.39 is 30.5 Å². The highest BCUT2D eigenvalue weighted by Gasteiger charge is 2.29. The lowest BCUT2D eigenvalue weighted by Gasteiger charge is -2.10. The minimum absolute atomic E-state index is 0.211. The third-order valence-corrected chi connectivity index (χ3v) is 5.28. The van der Waals surface area contributed by atoms with Crippen molar-refractivity contribution in [3.8, 4) is 0 Å². The number of amides is 2. The van der Waals surface area contributed by atoms with E-state index in [0.717, 1.165) is 16.9 Å². The van der Waals surface area contributed by atoms with Crippen molar-refractivity contribution < 1.29 is 28.7 Å². The van der Waals surface area contributed by atoms with Crippen molar-refractivity contribution in [1.29, 1.82) is 0 Å². The molecule has 26 heavy (non-hydrogen) atoms. The number of ether oxygens (including phenoxy) is 2. The lowest BCUT2D eigenvalue weighted by molar-refractivity contribution is -0.149. The first-order valence-corrected chi connectivity index (χ1v) is 9.24. The van der Waals surface area contributed by atoms with Crippen molar-refractivity contribution in [2.45, 2.75) is 46.1 Å². The number of aryl methyl sites for hydroxylation is 1. The lowest BCUT2D eigenvalue weighted by Crippen LogP contribution is -2.36. The zero-order valence-electron chi connectivity index (χ0n) is 15.0. The summed E-state index contributed by atoms with van der Waals surface area (Å²) in [5.41, 5.74) is 1.10. The first kappa shape index (κ1) is 19.9. The maximum atomic E-state index is 12.2. The molecular weight excluding hydrogens is 360 g/mol. The fraction of sp³-hybridized carbons (Fsp3) is 0.529. The maximum Gasteiger partial charge on any atom is 0.341 e. The Labute approximate surface area is 155 Å². The second-order valence-corrected chi connectivity index (χ2v) is 6.85. The fourth-order valence-corrected chi connectivity index (χ4v) is 3.78. The van der Waals surface area contributed by atoms with Crippen molar-refractivity contribution in [2.24, 2.45) is 0 Å². The van der Waals surface area contributed by atoms with Crippen LogP contribution in [0.5, 0.6) is 0 Å². The van der Waals surface area contributed by atoms with E-state index in [2.05, 4.69) is 10.6 Å². The monoisotopic (exact) mass is 382 g/mol. The molecule has 0 aromatic carbocycles. The smallest absolute Gasteiger partial charge is 0.341 e. The van der Waals surface area contributed by atoms with E-state index in [1.54, 1.807) is 13.8 Å². The molecule has 2 amide bonds. The molecular formula is C17H22N2O6S. The third kappa shape index (κ3) is 4.60. The molecule has 1 atom stereocenters. The van der Waals surface area contributed by atoms with Crippen LogP contribution in [-0.4, -0.2) is 43.0 Å². The summed E-state index contributed by atoms with van der Waals surface area (Å²) in [4.78, 5) is 48.2. The number of carbonyl (C=O) groups excluding carboxylic acids is 4. The molecule has 8 nitrogen and oxygen atoms in total. The number of nitrogens with one attached hydrogen (secondary N) is 2. The van der Waals surface area contributed by atoms with Crippen LogP contribution < -0.4 is 10.6 Å². The van der Waals surface area contributed by atoms with Gasteiger partial charge >= 0.3 is 11.9 Å². The Balaban J connectivity index is 2.00. The predicted octanol–water partition coefficient (Wildman–Crippen LogP) is 1.56. The van der Waals surface area contributed by atoms with E-state index in [-0.39, 0.29) is 18.9 Å². The van der Waals surface area contributed by atoms with E-state index in [0.29, 0.717) is 17.0 Å². The van der Waals surface area contributed by atoms with Crippen LogP contribution in [0.3, 0.4) is 0 Å².